The van der Waals surface area contributed by atoms with Crippen LogP contribution in [0.15, 0.2) is 4.42 Å². The van der Waals surface area contributed by atoms with Crippen molar-refractivity contribution in [2.45, 2.75) is 65.0 Å². The van der Waals surface area contributed by atoms with Crippen LogP contribution in [0.2, 0.25) is 0 Å². The third-order valence-electron chi connectivity index (χ3n) is 4.70. The SMILES string of the molecule is CCc1nnc(CN2C(=O)N[C@](CCC(C)C)(C3CC3)C2=O)o1. The lowest BCUT2D eigenvalue weighted by Gasteiger charge is -2.27. The second-order valence-corrected chi connectivity index (χ2v) is 6.94. The number of nitrogens with one attached hydrogen (secondary N) is 1. The average molecular weight is 320 g/mol. The van der Waals surface area contributed by atoms with Gasteiger partial charge in [-0.1, -0.05) is 20.8 Å². The summed E-state index contributed by atoms with van der Waals surface area (Å²) in [4.78, 5) is 26.6. The molecule has 1 aromatic heterocycles. The highest BCUT2D eigenvalue weighted by Gasteiger charge is 2.58. The van der Waals surface area contributed by atoms with E-state index in [2.05, 4.69) is 29.4 Å². The molecule has 2 aliphatic rings. The van der Waals surface area contributed by atoms with E-state index in [4.69, 9.17) is 4.42 Å². The number of amides is 3. The van der Waals surface area contributed by atoms with Gasteiger partial charge in [0.2, 0.25) is 11.8 Å². The summed E-state index contributed by atoms with van der Waals surface area (Å²) in [5.74, 6) is 1.44. The lowest BCUT2D eigenvalue weighted by Crippen LogP contribution is -2.49. The molecular weight excluding hydrogens is 296 g/mol. The van der Waals surface area contributed by atoms with Crippen molar-refractivity contribution in [2.75, 3.05) is 0 Å². The van der Waals surface area contributed by atoms with Crippen molar-refractivity contribution in [3.8, 4) is 0 Å². The molecule has 126 valence electrons. The third-order valence-corrected chi connectivity index (χ3v) is 4.70. The highest BCUT2D eigenvalue weighted by Crippen LogP contribution is 2.46. The van der Waals surface area contributed by atoms with Crippen LogP contribution in [0.4, 0.5) is 4.79 Å². The first-order valence-corrected chi connectivity index (χ1v) is 8.41. The number of imide groups is 1. The van der Waals surface area contributed by atoms with Crippen LogP contribution >= 0.6 is 0 Å². The van der Waals surface area contributed by atoms with E-state index in [9.17, 15) is 9.59 Å². The van der Waals surface area contributed by atoms with Gasteiger partial charge in [0.15, 0.2) is 0 Å². The van der Waals surface area contributed by atoms with Gasteiger partial charge in [-0.25, -0.2) is 4.79 Å². The number of carbonyl (C=O) groups excluding carboxylic acids is 2. The van der Waals surface area contributed by atoms with E-state index in [1.807, 2.05) is 6.92 Å². The number of rotatable bonds is 7. The Morgan fingerprint density at radius 3 is 2.57 bits per heavy atom. The summed E-state index contributed by atoms with van der Waals surface area (Å²) in [6.07, 6.45) is 4.24. The van der Waals surface area contributed by atoms with Gasteiger partial charge in [-0.15, -0.1) is 10.2 Å². The molecular formula is C16H24N4O3. The minimum Gasteiger partial charge on any atom is -0.423 e. The van der Waals surface area contributed by atoms with Gasteiger partial charge >= 0.3 is 6.03 Å². The lowest BCUT2D eigenvalue weighted by atomic mass is 9.85. The first kappa shape index (κ1) is 16.0. The fraction of sp³-hybridized carbons (Fsp3) is 0.750. The fourth-order valence-electron chi connectivity index (χ4n) is 3.16. The molecule has 0 spiro atoms. The maximum atomic E-state index is 13.0. The monoisotopic (exact) mass is 320 g/mol. The van der Waals surface area contributed by atoms with Crippen LogP contribution in [-0.4, -0.2) is 32.6 Å². The van der Waals surface area contributed by atoms with Gasteiger partial charge in [-0.3, -0.25) is 9.69 Å². The molecule has 0 aromatic carbocycles. The summed E-state index contributed by atoms with van der Waals surface area (Å²) in [6, 6.07) is -0.345. The minimum absolute atomic E-state index is 0.0494. The zero-order valence-electron chi connectivity index (χ0n) is 14.0. The Morgan fingerprint density at radius 2 is 2.00 bits per heavy atom. The molecule has 7 nitrogen and oxygen atoms in total. The van der Waals surface area contributed by atoms with Crippen molar-refractivity contribution in [3.63, 3.8) is 0 Å². The normalized spacial score (nSPS) is 24.6. The summed E-state index contributed by atoms with van der Waals surface area (Å²) in [6.45, 7) is 6.22. The topological polar surface area (TPSA) is 88.3 Å². The first-order valence-electron chi connectivity index (χ1n) is 8.41. The Kier molecular flexibility index (Phi) is 4.12. The summed E-state index contributed by atoms with van der Waals surface area (Å²) in [5.41, 5.74) is -0.727. The Labute approximate surface area is 135 Å². The number of urea groups is 1. The maximum absolute atomic E-state index is 13.0. The first-order chi connectivity index (χ1) is 11.0. The summed E-state index contributed by atoms with van der Waals surface area (Å²) in [5, 5.41) is 10.8. The van der Waals surface area contributed by atoms with Crippen molar-refractivity contribution in [3.05, 3.63) is 11.8 Å². The van der Waals surface area contributed by atoms with Gasteiger partial charge < -0.3 is 9.73 Å². The average Bonchev–Trinajstić information content (AvgIpc) is 3.22. The predicted octanol–water partition coefficient (Wildman–Crippen LogP) is 2.27. The largest absolute Gasteiger partial charge is 0.423 e. The number of nitrogens with zero attached hydrogens (tertiary/aromatic N) is 3. The summed E-state index contributed by atoms with van der Waals surface area (Å²) >= 11 is 0. The Balaban J connectivity index is 1.77. The van der Waals surface area contributed by atoms with Crippen molar-refractivity contribution in [1.82, 2.24) is 20.4 Å². The zero-order valence-corrected chi connectivity index (χ0v) is 14.0. The summed E-state index contributed by atoms with van der Waals surface area (Å²) in [7, 11) is 0. The zero-order chi connectivity index (χ0) is 16.6. The number of hydrogen-bond donors (Lipinski definition) is 1. The number of aromatic nitrogens is 2. The molecule has 2 heterocycles. The van der Waals surface area contributed by atoms with Crippen LogP contribution in [0.5, 0.6) is 0 Å². The Bertz CT molecular complexity index is 608. The molecule has 23 heavy (non-hydrogen) atoms. The second-order valence-electron chi connectivity index (χ2n) is 6.94. The van der Waals surface area contributed by atoms with Crippen LogP contribution in [0.1, 0.15) is 58.2 Å². The molecule has 1 saturated carbocycles. The molecule has 3 amide bonds. The molecule has 7 heteroatoms. The van der Waals surface area contributed by atoms with E-state index in [1.54, 1.807) is 0 Å². The lowest BCUT2D eigenvalue weighted by molar-refractivity contribution is -0.133. The van der Waals surface area contributed by atoms with Crippen molar-refractivity contribution >= 4 is 11.9 Å². The van der Waals surface area contributed by atoms with Crippen LogP contribution in [0.3, 0.4) is 0 Å². The highest BCUT2D eigenvalue weighted by atomic mass is 16.4. The number of carbonyl (C=O) groups is 2. The summed E-state index contributed by atoms with van der Waals surface area (Å²) < 4.78 is 5.44. The van der Waals surface area contributed by atoms with Crippen LogP contribution in [0, 0.1) is 11.8 Å². The standard InChI is InChI=1S/C16H24N4O3/c1-4-12-18-19-13(23-12)9-20-14(21)16(11-5-6-11,17-15(20)22)8-7-10(2)3/h10-11H,4-9H2,1-3H3,(H,17,22)/t16-/m1/s1. The minimum atomic E-state index is -0.727. The van der Waals surface area contributed by atoms with E-state index in [1.165, 1.54) is 4.90 Å². The van der Waals surface area contributed by atoms with E-state index in [0.29, 0.717) is 30.5 Å². The predicted molar refractivity (Wildman–Crippen MR) is 82.3 cm³/mol. The van der Waals surface area contributed by atoms with Crippen LogP contribution in [-0.2, 0) is 17.8 Å². The third kappa shape index (κ3) is 2.96. The maximum Gasteiger partial charge on any atom is 0.325 e. The smallest absolute Gasteiger partial charge is 0.325 e. The van der Waals surface area contributed by atoms with E-state index in [-0.39, 0.29) is 24.4 Å². The van der Waals surface area contributed by atoms with Gasteiger partial charge in [0.25, 0.3) is 5.91 Å². The van der Waals surface area contributed by atoms with Gasteiger partial charge in [0, 0.05) is 6.42 Å². The molecule has 1 aliphatic heterocycles. The number of hydrogen-bond acceptors (Lipinski definition) is 5. The van der Waals surface area contributed by atoms with Crippen molar-refractivity contribution < 1.29 is 14.0 Å². The van der Waals surface area contributed by atoms with E-state index >= 15 is 0 Å². The fourth-order valence-corrected chi connectivity index (χ4v) is 3.16. The Morgan fingerprint density at radius 1 is 1.30 bits per heavy atom. The second kappa shape index (κ2) is 5.94. The Hall–Kier alpha value is -1.92. The molecule has 2 fully saturated rings. The molecule has 0 bridgehead atoms. The highest BCUT2D eigenvalue weighted by molar-refractivity contribution is 6.07. The molecule has 1 aromatic rings. The van der Waals surface area contributed by atoms with Gasteiger partial charge in [0.1, 0.15) is 12.1 Å². The molecule has 1 atom stereocenters. The molecule has 3 rings (SSSR count). The van der Waals surface area contributed by atoms with Crippen molar-refractivity contribution in [2.24, 2.45) is 11.8 Å². The molecule has 0 radical (unpaired) electrons. The van der Waals surface area contributed by atoms with Gasteiger partial charge in [0.05, 0.1) is 0 Å². The van der Waals surface area contributed by atoms with E-state index in [0.717, 1.165) is 19.3 Å². The quantitative estimate of drug-likeness (QED) is 0.779. The molecule has 1 aliphatic carbocycles. The molecule has 0 unspecified atom stereocenters. The number of aryl methyl sites for hydroxylation is 1. The van der Waals surface area contributed by atoms with Crippen molar-refractivity contribution in [1.29, 1.82) is 0 Å². The molecule has 1 N–H and O–H groups in total. The van der Waals surface area contributed by atoms with E-state index < -0.39 is 5.54 Å². The molecule has 1 saturated heterocycles. The van der Waals surface area contributed by atoms with Crippen LogP contribution < -0.4 is 5.32 Å². The van der Waals surface area contributed by atoms with Gasteiger partial charge in [-0.2, -0.15) is 0 Å². The van der Waals surface area contributed by atoms with Gasteiger partial charge in [-0.05, 0) is 37.5 Å². The van der Waals surface area contributed by atoms with Crippen LogP contribution in [0.25, 0.3) is 0 Å².